The first kappa shape index (κ1) is 16.3. The number of thioether (sulfide) groups is 1. The largest absolute Gasteiger partial charge is 0.478 e. The number of urea groups is 1. The quantitative estimate of drug-likeness (QED) is 0.755. The van der Waals surface area contributed by atoms with Gasteiger partial charge in [-0.05, 0) is 43.6 Å². The van der Waals surface area contributed by atoms with Crippen LogP contribution in [0.25, 0.3) is 0 Å². The fourth-order valence-electron chi connectivity index (χ4n) is 1.50. The number of carbonyl (C=O) groups excluding carboxylic acids is 1. The number of amides is 2. The van der Waals surface area contributed by atoms with Crippen molar-refractivity contribution >= 4 is 29.4 Å². The normalized spacial score (nSPS) is 11.8. The number of benzene rings is 1. The van der Waals surface area contributed by atoms with Crippen LogP contribution in [0.3, 0.4) is 0 Å². The number of carboxylic acid groups (broad SMARTS) is 1. The lowest BCUT2D eigenvalue weighted by molar-refractivity contribution is 0.0697. The zero-order chi connectivity index (χ0) is 15.1. The van der Waals surface area contributed by atoms with Gasteiger partial charge in [-0.2, -0.15) is 11.8 Å². The summed E-state index contributed by atoms with van der Waals surface area (Å²) >= 11 is 1.67. The minimum absolute atomic E-state index is 0.0480. The van der Waals surface area contributed by atoms with Gasteiger partial charge in [-0.25, -0.2) is 14.0 Å². The summed E-state index contributed by atoms with van der Waals surface area (Å²) in [6.45, 7) is 1.85. The third-order valence-corrected chi connectivity index (χ3v) is 3.24. The average molecular weight is 300 g/mol. The first-order valence-corrected chi connectivity index (χ1v) is 7.42. The molecule has 20 heavy (non-hydrogen) atoms. The Morgan fingerprint density at radius 3 is 2.75 bits per heavy atom. The van der Waals surface area contributed by atoms with Crippen LogP contribution in [0.5, 0.6) is 0 Å². The number of hydrogen-bond acceptors (Lipinski definition) is 3. The summed E-state index contributed by atoms with van der Waals surface area (Å²) in [5, 5.41) is 13.8. The van der Waals surface area contributed by atoms with Gasteiger partial charge in [-0.3, -0.25) is 0 Å². The van der Waals surface area contributed by atoms with Gasteiger partial charge >= 0.3 is 12.0 Å². The maximum absolute atomic E-state index is 13.5. The molecule has 0 aliphatic rings. The van der Waals surface area contributed by atoms with Gasteiger partial charge in [0.15, 0.2) is 0 Å². The molecule has 1 atom stereocenters. The molecule has 1 aromatic rings. The molecule has 0 spiro atoms. The second kappa shape index (κ2) is 7.74. The van der Waals surface area contributed by atoms with Crippen molar-refractivity contribution in [3.05, 3.63) is 29.6 Å². The SMILES string of the molecule is CSCCC(C)NC(=O)Nc1cc(C(=O)O)ccc1F. The topological polar surface area (TPSA) is 78.4 Å². The second-order valence-electron chi connectivity index (χ2n) is 4.28. The molecule has 1 unspecified atom stereocenters. The molecule has 0 saturated carbocycles. The van der Waals surface area contributed by atoms with Crippen molar-refractivity contribution in [1.82, 2.24) is 5.32 Å². The van der Waals surface area contributed by atoms with Gasteiger partial charge in [-0.1, -0.05) is 0 Å². The molecular formula is C13H17FN2O3S. The molecule has 0 aliphatic carbocycles. The summed E-state index contributed by atoms with van der Waals surface area (Å²) in [7, 11) is 0. The van der Waals surface area contributed by atoms with Crippen LogP contribution in [0, 0.1) is 5.82 Å². The summed E-state index contributed by atoms with van der Waals surface area (Å²) in [5.41, 5.74) is -0.239. The summed E-state index contributed by atoms with van der Waals surface area (Å²) in [6, 6.07) is 2.63. The molecule has 0 radical (unpaired) electrons. The molecule has 2 amide bonds. The van der Waals surface area contributed by atoms with Crippen LogP contribution >= 0.6 is 11.8 Å². The predicted molar refractivity (Wildman–Crippen MR) is 78.0 cm³/mol. The molecule has 0 bridgehead atoms. The van der Waals surface area contributed by atoms with Crippen molar-refractivity contribution in [2.75, 3.05) is 17.3 Å². The average Bonchev–Trinajstić information content (AvgIpc) is 2.38. The van der Waals surface area contributed by atoms with E-state index in [1.807, 2.05) is 13.2 Å². The van der Waals surface area contributed by atoms with Crippen molar-refractivity contribution in [3.8, 4) is 0 Å². The van der Waals surface area contributed by atoms with Crippen molar-refractivity contribution in [2.45, 2.75) is 19.4 Å². The number of rotatable bonds is 6. The number of carboxylic acids is 1. The van der Waals surface area contributed by atoms with Crippen LogP contribution in [-0.4, -0.2) is 35.2 Å². The van der Waals surface area contributed by atoms with Crippen molar-refractivity contribution in [3.63, 3.8) is 0 Å². The highest BCUT2D eigenvalue weighted by molar-refractivity contribution is 7.98. The van der Waals surface area contributed by atoms with Gasteiger partial charge in [0.05, 0.1) is 11.3 Å². The van der Waals surface area contributed by atoms with E-state index < -0.39 is 17.8 Å². The summed E-state index contributed by atoms with van der Waals surface area (Å²) in [5.74, 6) is -0.951. The smallest absolute Gasteiger partial charge is 0.335 e. The molecule has 3 N–H and O–H groups in total. The Morgan fingerprint density at radius 2 is 2.15 bits per heavy atom. The van der Waals surface area contributed by atoms with Gasteiger partial charge in [0, 0.05) is 6.04 Å². The predicted octanol–water partition coefficient (Wildman–Crippen LogP) is 2.79. The van der Waals surface area contributed by atoms with E-state index in [0.29, 0.717) is 0 Å². The monoisotopic (exact) mass is 300 g/mol. The molecule has 110 valence electrons. The van der Waals surface area contributed by atoms with Gasteiger partial charge in [-0.15, -0.1) is 0 Å². The van der Waals surface area contributed by atoms with E-state index in [1.165, 1.54) is 0 Å². The minimum atomic E-state index is -1.18. The van der Waals surface area contributed by atoms with E-state index in [0.717, 1.165) is 30.4 Å². The molecule has 7 heteroatoms. The number of nitrogens with one attached hydrogen (secondary N) is 2. The minimum Gasteiger partial charge on any atom is -0.478 e. The lowest BCUT2D eigenvalue weighted by atomic mass is 10.2. The number of halogens is 1. The van der Waals surface area contributed by atoms with Crippen molar-refractivity contribution in [1.29, 1.82) is 0 Å². The first-order valence-electron chi connectivity index (χ1n) is 6.03. The Bertz CT molecular complexity index is 497. The molecule has 0 saturated heterocycles. The maximum atomic E-state index is 13.5. The molecule has 0 aliphatic heterocycles. The molecule has 0 aromatic heterocycles. The van der Waals surface area contributed by atoms with Gasteiger partial charge in [0.1, 0.15) is 5.82 Å². The van der Waals surface area contributed by atoms with E-state index in [1.54, 1.807) is 11.8 Å². The lowest BCUT2D eigenvalue weighted by Gasteiger charge is -2.14. The molecule has 1 rings (SSSR count). The first-order chi connectivity index (χ1) is 9.43. The highest BCUT2D eigenvalue weighted by Gasteiger charge is 2.12. The van der Waals surface area contributed by atoms with Crippen LogP contribution < -0.4 is 10.6 Å². The van der Waals surface area contributed by atoms with E-state index in [-0.39, 0.29) is 17.3 Å². The van der Waals surface area contributed by atoms with E-state index >= 15 is 0 Å². The Balaban J connectivity index is 2.65. The van der Waals surface area contributed by atoms with Crippen LogP contribution in [0.2, 0.25) is 0 Å². The van der Waals surface area contributed by atoms with Crippen LogP contribution in [-0.2, 0) is 0 Å². The van der Waals surface area contributed by atoms with E-state index in [4.69, 9.17) is 5.11 Å². The van der Waals surface area contributed by atoms with Crippen molar-refractivity contribution in [2.24, 2.45) is 0 Å². The molecule has 1 aromatic carbocycles. The Labute approximate surface area is 120 Å². The summed E-state index contributed by atoms with van der Waals surface area (Å²) in [4.78, 5) is 22.5. The Kier molecular flexibility index (Phi) is 6.30. The third-order valence-electron chi connectivity index (χ3n) is 2.59. The van der Waals surface area contributed by atoms with E-state index in [9.17, 15) is 14.0 Å². The Hall–Kier alpha value is -1.76. The van der Waals surface area contributed by atoms with Crippen LogP contribution in [0.1, 0.15) is 23.7 Å². The summed E-state index contributed by atoms with van der Waals surface area (Å²) < 4.78 is 13.5. The fraction of sp³-hybridized carbons (Fsp3) is 0.385. The number of anilines is 1. The maximum Gasteiger partial charge on any atom is 0.335 e. The van der Waals surface area contributed by atoms with Crippen LogP contribution in [0.15, 0.2) is 18.2 Å². The molecule has 0 heterocycles. The van der Waals surface area contributed by atoms with Gasteiger partial charge < -0.3 is 15.7 Å². The summed E-state index contributed by atoms with van der Waals surface area (Å²) in [6.07, 6.45) is 2.77. The molecule has 5 nitrogen and oxygen atoms in total. The second-order valence-corrected chi connectivity index (χ2v) is 5.27. The number of carbonyl (C=O) groups is 2. The molecular weight excluding hydrogens is 283 g/mol. The Morgan fingerprint density at radius 1 is 1.45 bits per heavy atom. The fourth-order valence-corrected chi connectivity index (χ4v) is 2.09. The standard InChI is InChI=1S/C13H17FN2O3S/c1-8(5-6-20-2)15-13(19)16-11-7-9(12(17)18)3-4-10(11)14/h3-4,7-8H,5-6H2,1-2H3,(H,17,18)(H2,15,16,19). The highest BCUT2D eigenvalue weighted by Crippen LogP contribution is 2.16. The van der Waals surface area contributed by atoms with Gasteiger partial charge in [0.25, 0.3) is 0 Å². The molecule has 0 fully saturated rings. The van der Waals surface area contributed by atoms with Crippen LogP contribution in [0.4, 0.5) is 14.9 Å². The third kappa shape index (κ3) is 5.08. The zero-order valence-electron chi connectivity index (χ0n) is 11.3. The number of hydrogen-bond donors (Lipinski definition) is 3. The van der Waals surface area contributed by atoms with E-state index in [2.05, 4.69) is 10.6 Å². The lowest BCUT2D eigenvalue weighted by Crippen LogP contribution is -2.36. The van der Waals surface area contributed by atoms with Crippen molar-refractivity contribution < 1.29 is 19.1 Å². The van der Waals surface area contributed by atoms with Gasteiger partial charge in [0.2, 0.25) is 0 Å². The zero-order valence-corrected chi connectivity index (χ0v) is 12.1. The number of aromatic carboxylic acids is 1. The highest BCUT2D eigenvalue weighted by atomic mass is 32.2.